The third kappa shape index (κ3) is 4.11. The molecule has 0 spiro atoms. The van der Waals surface area contributed by atoms with Crippen LogP contribution in [0.5, 0.6) is 0 Å². The first-order chi connectivity index (χ1) is 6.72. The fourth-order valence-corrected chi connectivity index (χ4v) is 1.84. The number of pyridine rings is 1. The van der Waals surface area contributed by atoms with Gasteiger partial charge in [-0.3, -0.25) is 0 Å². The Balaban J connectivity index is 2.50. The highest BCUT2D eigenvalue weighted by Gasteiger charge is 1.99. The summed E-state index contributed by atoms with van der Waals surface area (Å²) in [6.07, 6.45) is 1.95. The smallest absolute Gasteiger partial charge is 0.0962 e. The first-order valence-corrected chi connectivity index (χ1v) is 5.92. The number of nitrogens with one attached hydrogen (secondary N) is 1. The van der Waals surface area contributed by atoms with Crippen LogP contribution in [0.3, 0.4) is 0 Å². The highest BCUT2D eigenvalue weighted by atomic mass is 32.2. The van der Waals surface area contributed by atoms with Crippen LogP contribution in [0.2, 0.25) is 0 Å². The van der Waals surface area contributed by atoms with E-state index in [-0.39, 0.29) is 0 Å². The van der Waals surface area contributed by atoms with E-state index in [0.29, 0.717) is 5.25 Å². The van der Waals surface area contributed by atoms with Crippen molar-refractivity contribution in [2.24, 2.45) is 0 Å². The summed E-state index contributed by atoms with van der Waals surface area (Å²) in [5, 5.41) is 4.99. The second kappa shape index (κ2) is 6.04. The number of hydrogen-bond donors (Lipinski definition) is 1. The monoisotopic (exact) mass is 210 g/mol. The van der Waals surface area contributed by atoms with E-state index in [1.54, 1.807) is 11.8 Å². The zero-order valence-corrected chi connectivity index (χ0v) is 9.90. The molecular formula is C11H18N2S. The average molecular weight is 210 g/mol. The molecule has 78 valence electrons. The molecule has 1 aromatic heterocycles. The molecule has 2 nitrogen and oxygen atoms in total. The Morgan fingerprint density at radius 2 is 2.21 bits per heavy atom. The molecular weight excluding hydrogens is 192 g/mol. The first kappa shape index (κ1) is 11.5. The van der Waals surface area contributed by atoms with E-state index in [9.17, 15) is 0 Å². The highest BCUT2D eigenvalue weighted by molar-refractivity contribution is 7.99. The van der Waals surface area contributed by atoms with Crippen LogP contribution in [0.15, 0.2) is 23.4 Å². The van der Waals surface area contributed by atoms with Gasteiger partial charge in [-0.05, 0) is 18.2 Å². The standard InChI is InChI=1S/C11H18N2S/c1-4-12-7-10-5-6-11(13-8-10)14-9(2)3/h5-6,8-9,12H,4,7H2,1-3H3. The molecule has 0 aliphatic heterocycles. The lowest BCUT2D eigenvalue weighted by Gasteiger charge is -2.05. The molecule has 0 bridgehead atoms. The van der Waals surface area contributed by atoms with E-state index < -0.39 is 0 Å². The Kier molecular flexibility index (Phi) is 4.98. The molecule has 0 radical (unpaired) electrons. The van der Waals surface area contributed by atoms with Crippen molar-refractivity contribution in [2.45, 2.75) is 37.6 Å². The topological polar surface area (TPSA) is 24.9 Å². The average Bonchev–Trinajstić information content (AvgIpc) is 2.16. The Hall–Kier alpha value is -0.540. The van der Waals surface area contributed by atoms with Crippen LogP contribution in [0, 0.1) is 0 Å². The molecule has 0 unspecified atom stereocenters. The third-order valence-electron chi connectivity index (χ3n) is 1.73. The molecule has 0 atom stereocenters. The lowest BCUT2D eigenvalue weighted by molar-refractivity contribution is 0.723. The van der Waals surface area contributed by atoms with E-state index in [2.05, 4.69) is 43.2 Å². The molecule has 0 aromatic carbocycles. The Morgan fingerprint density at radius 3 is 2.71 bits per heavy atom. The lowest BCUT2D eigenvalue weighted by atomic mass is 10.3. The summed E-state index contributed by atoms with van der Waals surface area (Å²) in [5.41, 5.74) is 1.25. The second-order valence-corrected chi connectivity index (χ2v) is 5.05. The van der Waals surface area contributed by atoms with Gasteiger partial charge in [-0.25, -0.2) is 4.98 Å². The van der Waals surface area contributed by atoms with Gasteiger partial charge in [0.15, 0.2) is 0 Å². The van der Waals surface area contributed by atoms with Gasteiger partial charge in [-0.1, -0.05) is 26.8 Å². The quantitative estimate of drug-likeness (QED) is 0.756. The van der Waals surface area contributed by atoms with Gasteiger partial charge in [0.05, 0.1) is 5.03 Å². The van der Waals surface area contributed by atoms with Gasteiger partial charge in [0, 0.05) is 18.0 Å². The summed E-state index contributed by atoms with van der Waals surface area (Å²) < 4.78 is 0. The van der Waals surface area contributed by atoms with Crippen LogP contribution in [0.1, 0.15) is 26.3 Å². The third-order valence-corrected chi connectivity index (χ3v) is 2.69. The summed E-state index contributed by atoms with van der Waals surface area (Å²) in [4.78, 5) is 4.39. The van der Waals surface area contributed by atoms with Crippen LogP contribution in [0.4, 0.5) is 0 Å². The Morgan fingerprint density at radius 1 is 1.43 bits per heavy atom. The maximum absolute atomic E-state index is 4.39. The van der Waals surface area contributed by atoms with Crippen molar-refractivity contribution in [1.82, 2.24) is 10.3 Å². The van der Waals surface area contributed by atoms with E-state index in [1.807, 2.05) is 6.20 Å². The van der Waals surface area contributed by atoms with Gasteiger partial charge in [-0.2, -0.15) is 0 Å². The number of thioether (sulfide) groups is 1. The molecule has 14 heavy (non-hydrogen) atoms. The number of aromatic nitrogens is 1. The van der Waals surface area contributed by atoms with E-state index in [1.165, 1.54) is 5.56 Å². The largest absolute Gasteiger partial charge is 0.313 e. The van der Waals surface area contributed by atoms with Crippen LogP contribution >= 0.6 is 11.8 Å². The van der Waals surface area contributed by atoms with Gasteiger partial charge >= 0.3 is 0 Å². The predicted octanol–water partition coefficient (Wildman–Crippen LogP) is 2.69. The van der Waals surface area contributed by atoms with Crippen molar-refractivity contribution in [3.63, 3.8) is 0 Å². The van der Waals surface area contributed by atoms with Crippen molar-refractivity contribution < 1.29 is 0 Å². The van der Waals surface area contributed by atoms with Gasteiger partial charge < -0.3 is 5.32 Å². The molecule has 1 heterocycles. The summed E-state index contributed by atoms with van der Waals surface area (Å²) in [7, 11) is 0. The summed E-state index contributed by atoms with van der Waals surface area (Å²) in [5.74, 6) is 0. The summed E-state index contributed by atoms with van der Waals surface area (Å²) in [6.45, 7) is 8.38. The van der Waals surface area contributed by atoms with Crippen LogP contribution in [-0.2, 0) is 6.54 Å². The SMILES string of the molecule is CCNCc1ccc(SC(C)C)nc1. The lowest BCUT2D eigenvalue weighted by Crippen LogP contribution is -2.11. The van der Waals surface area contributed by atoms with Crippen LogP contribution in [-0.4, -0.2) is 16.8 Å². The van der Waals surface area contributed by atoms with Crippen molar-refractivity contribution in [2.75, 3.05) is 6.54 Å². The van der Waals surface area contributed by atoms with Crippen molar-refractivity contribution >= 4 is 11.8 Å². The normalized spacial score (nSPS) is 10.9. The van der Waals surface area contributed by atoms with E-state index in [0.717, 1.165) is 18.1 Å². The summed E-state index contributed by atoms with van der Waals surface area (Å²) in [6, 6.07) is 4.23. The summed E-state index contributed by atoms with van der Waals surface area (Å²) >= 11 is 1.80. The molecule has 1 rings (SSSR count). The van der Waals surface area contributed by atoms with Crippen molar-refractivity contribution in [3.8, 4) is 0 Å². The first-order valence-electron chi connectivity index (χ1n) is 5.04. The maximum Gasteiger partial charge on any atom is 0.0962 e. The van der Waals surface area contributed by atoms with Gasteiger partial charge in [0.1, 0.15) is 0 Å². The fourth-order valence-electron chi connectivity index (χ4n) is 1.10. The minimum absolute atomic E-state index is 0.599. The fraction of sp³-hybridized carbons (Fsp3) is 0.545. The molecule has 1 aromatic rings. The number of nitrogens with zero attached hydrogens (tertiary/aromatic N) is 1. The van der Waals surface area contributed by atoms with Gasteiger partial charge in [-0.15, -0.1) is 11.8 Å². The molecule has 0 saturated heterocycles. The number of rotatable bonds is 5. The molecule has 0 amide bonds. The van der Waals surface area contributed by atoms with Crippen molar-refractivity contribution in [1.29, 1.82) is 0 Å². The molecule has 3 heteroatoms. The van der Waals surface area contributed by atoms with E-state index >= 15 is 0 Å². The molecule has 0 aliphatic carbocycles. The molecule has 0 saturated carbocycles. The van der Waals surface area contributed by atoms with Crippen LogP contribution in [0.25, 0.3) is 0 Å². The van der Waals surface area contributed by atoms with Crippen molar-refractivity contribution in [3.05, 3.63) is 23.9 Å². The van der Waals surface area contributed by atoms with Crippen LogP contribution < -0.4 is 5.32 Å². The Labute approximate surface area is 90.5 Å². The maximum atomic E-state index is 4.39. The molecule has 1 N–H and O–H groups in total. The van der Waals surface area contributed by atoms with Gasteiger partial charge in [0.2, 0.25) is 0 Å². The highest BCUT2D eigenvalue weighted by Crippen LogP contribution is 2.20. The van der Waals surface area contributed by atoms with E-state index in [4.69, 9.17) is 0 Å². The Bertz CT molecular complexity index is 256. The minimum Gasteiger partial charge on any atom is -0.313 e. The zero-order chi connectivity index (χ0) is 10.4. The molecule has 0 fully saturated rings. The minimum atomic E-state index is 0.599. The molecule has 0 aliphatic rings. The van der Waals surface area contributed by atoms with Gasteiger partial charge in [0.25, 0.3) is 0 Å². The number of hydrogen-bond acceptors (Lipinski definition) is 3. The second-order valence-electron chi connectivity index (χ2n) is 3.45. The predicted molar refractivity (Wildman–Crippen MR) is 62.6 cm³/mol. The zero-order valence-electron chi connectivity index (χ0n) is 9.08.